The van der Waals surface area contributed by atoms with Crippen LogP contribution in [0.4, 0.5) is 0 Å². The van der Waals surface area contributed by atoms with E-state index in [9.17, 15) is 9.59 Å². The van der Waals surface area contributed by atoms with Gasteiger partial charge in [0.05, 0.1) is 16.3 Å². The molecule has 1 aromatic carbocycles. The number of benzene rings is 1. The standard InChI is InChI=1S/C13H7NO4/c15-11-8-3-1-2-4-10(8)18-12-9(11)5-7(6-14-12)13(16)17/h1-6H,(H,16,17). The van der Waals surface area contributed by atoms with Gasteiger partial charge in [-0.25, -0.2) is 9.78 Å². The molecule has 0 aliphatic heterocycles. The summed E-state index contributed by atoms with van der Waals surface area (Å²) in [6.07, 6.45) is 1.17. The molecular formula is C13H7NO4. The van der Waals surface area contributed by atoms with E-state index >= 15 is 0 Å². The highest BCUT2D eigenvalue weighted by Gasteiger charge is 2.11. The van der Waals surface area contributed by atoms with Crippen LogP contribution in [0.1, 0.15) is 10.4 Å². The van der Waals surface area contributed by atoms with Crippen molar-refractivity contribution in [1.29, 1.82) is 0 Å². The molecule has 5 nitrogen and oxygen atoms in total. The van der Waals surface area contributed by atoms with E-state index in [0.29, 0.717) is 11.0 Å². The molecule has 2 aromatic heterocycles. The van der Waals surface area contributed by atoms with Crippen molar-refractivity contribution < 1.29 is 14.3 Å². The minimum Gasteiger partial charge on any atom is -0.478 e. The number of fused-ring (bicyclic) bond motifs is 2. The average molecular weight is 241 g/mol. The Morgan fingerprint density at radius 3 is 2.78 bits per heavy atom. The van der Waals surface area contributed by atoms with Gasteiger partial charge in [0.15, 0.2) is 0 Å². The van der Waals surface area contributed by atoms with Crippen LogP contribution >= 0.6 is 0 Å². The van der Waals surface area contributed by atoms with Gasteiger partial charge >= 0.3 is 5.97 Å². The molecule has 0 fully saturated rings. The van der Waals surface area contributed by atoms with E-state index in [0.717, 1.165) is 0 Å². The third-order valence-corrected chi connectivity index (χ3v) is 2.68. The molecule has 0 spiro atoms. The summed E-state index contributed by atoms with van der Waals surface area (Å²) in [5, 5.41) is 9.46. The van der Waals surface area contributed by atoms with Gasteiger partial charge in [0.1, 0.15) is 5.58 Å². The Balaban J connectivity index is 2.49. The van der Waals surface area contributed by atoms with Gasteiger partial charge in [-0.3, -0.25) is 4.79 Å². The highest BCUT2D eigenvalue weighted by atomic mass is 16.4. The molecule has 18 heavy (non-hydrogen) atoms. The van der Waals surface area contributed by atoms with Crippen LogP contribution in [-0.2, 0) is 0 Å². The Hall–Kier alpha value is -2.69. The van der Waals surface area contributed by atoms with Crippen LogP contribution in [-0.4, -0.2) is 16.1 Å². The largest absolute Gasteiger partial charge is 0.478 e. The lowest BCUT2D eigenvalue weighted by Gasteiger charge is -2.00. The zero-order chi connectivity index (χ0) is 12.7. The minimum absolute atomic E-state index is 0.0370. The fourth-order valence-corrected chi connectivity index (χ4v) is 1.81. The Morgan fingerprint density at radius 1 is 1.22 bits per heavy atom. The number of para-hydroxylation sites is 1. The predicted octanol–water partition coefficient (Wildman–Crippen LogP) is 2.04. The first-order chi connectivity index (χ1) is 8.66. The molecule has 0 aliphatic carbocycles. The van der Waals surface area contributed by atoms with Crippen molar-refractivity contribution in [2.75, 3.05) is 0 Å². The molecule has 0 bridgehead atoms. The third kappa shape index (κ3) is 1.45. The smallest absolute Gasteiger partial charge is 0.337 e. The molecule has 1 N–H and O–H groups in total. The van der Waals surface area contributed by atoms with E-state index < -0.39 is 5.97 Å². The molecule has 88 valence electrons. The predicted molar refractivity (Wildman–Crippen MR) is 64.7 cm³/mol. The van der Waals surface area contributed by atoms with Gasteiger partial charge in [-0.15, -0.1) is 0 Å². The van der Waals surface area contributed by atoms with Crippen LogP contribution in [0.25, 0.3) is 22.1 Å². The molecule has 3 aromatic rings. The van der Waals surface area contributed by atoms with Crippen molar-refractivity contribution in [3.05, 3.63) is 52.3 Å². The van der Waals surface area contributed by atoms with Gasteiger partial charge in [-0.05, 0) is 18.2 Å². The summed E-state index contributed by atoms with van der Waals surface area (Å²) >= 11 is 0. The quantitative estimate of drug-likeness (QED) is 0.659. The lowest BCUT2D eigenvalue weighted by Crippen LogP contribution is -2.05. The van der Waals surface area contributed by atoms with Crippen molar-refractivity contribution in [2.24, 2.45) is 0 Å². The lowest BCUT2D eigenvalue weighted by atomic mass is 10.1. The minimum atomic E-state index is -1.13. The van der Waals surface area contributed by atoms with Gasteiger partial charge in [0.2, 0.25) is 11.1 Å². The lowest BCUT2D eigenvalue weighted by molar-refractivity contribution is 0.0696. The second-order valence-corrected chi connectivity index (χ2v) is 3.81. The summed E-state index contributed by atoms with van der Waals surface area (Å²) in [5.74, 6) is -1.13. The first-order valence-corrected chi connectivity index (χ1v) is 5.22. The van der Waals surface area contributed by atoms with E-state index in [4.69, 9.17) is 9.52 Å². The summed E-state index contributed by atoms with van der Waals surface area (Å²) < 4.78 is 5.46. The number of aromatic nitrogens is 1. The number of aromatic carboxylic acids is 1. The van der Waals surface area contributed by atoms with Crippen molar-refractivity contribution in [2.45, 2.75) is 0 Å². The Bertz CT molecular complexity index is 835. The number of rotatable bonds is 1. The first kappa shape index (κ1) is 10.5. The maximum Gasteiger partial charge on any atom is 0.337 e. The van der Waals surface area contributed by atoms with Crippen molar-refractivity contribution in [3.63, 3.8) is 0 Å². The molecule has 0 aliphatic rings. The monoisotopic (exact) mass is 241 g/mol. The zero-order valence-electron chi connectivity index (χ0n) is 9.08. The number of carboxylic acid groups (broad SMARTS) is 1. The van der Waals surface area contributed by atoms with Crippen LogP contribution < -0.4 is 5.43 Å². The summed E-state index contributed by atoms with van der Waals surface area (Å²) in [7, 11) is 0. The molecule has 3 rings (SSSR count). The number of hydrogen-bond donors (Lipinski definition) is 1. The Morgan fingerprint density at radius 2 is 2.00 bits per heavy atom. The molecule has 0 saturated heterocycles. The van der Waals surface area contributed by atoms with Gasteiger partial charge in [0.25, 0.3) is 0 Å². The molecule has 2 heterocycles. The van der Waals surface area contributed by atoms with E-state index in [1.165, 1.54) is 12.3 Å². The van der Waals surface area contributed by atoms with Crippen molar-refractivity contribution in [1.82, 2.24) is 4.98 Å². The average Bonchev–Trinajstić information content (AvgIpc) is 2.38. The maximum atomic E-state index is 12.2. The summed E-state index contributed by atoms with van der Waals surface area (Å²) in [4.78, 5) is 26.9. The van der Waals surface area contributed by atoms with Crippen molar-refractivity contribution in [3.8, 4) is 0 Å². The first-order valence-electron chi connectivity index (χ1n) is 5.22. The Kier molecular flexibility index (Phi) is 2.13. The summed E-state index contributed by atoms with van der Waals surface area (Å²) in [6, 6.07) is 8.06. The van der Waals surface area contributed by atoms with Gasteiger partial charge in [-0.1, -0.05) is 12.1 Å². The van der Waals surface area contributed by atoms with Crippen LogP contribution in [0.2, 0.25) is 0 Å². The Labute approximate surface area is 100 Å². The molecular weight excluding hydrogens is 234 g/mol. The SMILES string of the molecule is O=C(O)c1cnc2oc3ccccc3c(=O)c2c1. The van der Waals surface area contributed by atoms with Gasteiger partial charge in [-0.2, -0.15) is 0 Å². The molecule has 0 unspecified atom stereocenters. The fraction of sp³-hybridized carbons (Fsp3) is 0. The molecule has 0 atom stereocenters. The topological polar surface area (TPSA) is 80.4 Å². The van der Waals surface area contributed by atoms with Crippen LogP contribution in [0, 0.1) is 0 Å². The number of nitrogens with zero attached hydrogens (tertiary/aromatic N) is 1. The highest BCUT2D eigenvalue weighted by Crippen LogP contribution is 2.17. The number of carbonyl (C=O) groups is 1. The second-order valence-electron chi connectivity index (χ2n) is 3.81. The van der Waals surface area contributed by atoms with Crippen molar-refractivity contribution >= 4 is 28.0 Å². The van der Waals surface area contributed by atoms with E-state index in [2.05, 4.69) is 4.98 Å². The number of carboxylic acids is 1. The van der Waals surface area contributed by atoms with Crippen LogP contribution in [0.15, 0.2) is 45.7 Å². The number of pyridine rings is 1. The van der Waals surface area contributed by atoms with Crippen LogP contribution in [0.3, 0.4) is 0 Å². The van der Waals surface area contributed by atoms with E-state index in [1.807, 2.05) is 0 Å². The van der Waals surface area contributed by atoms with E-state index in [-0.39, 0.29) is 22.1 Å². The normalized spacial score (nSPS) is 10.9. The van der Waals surface area contributed by atoms with Crippen LogP contribution in [0.5, 0.6) is 0 Å². The van der Waals surface area contributed by atoms with E-state index in [1.54, 1.807) is 24.3 Å². The molecule has 0 radical (unpaired) electrons. The molecule has 0 saturated carbocycles. The third-order valence-electron chi connectivity index (χ3n) is 2.68. The number of hydrogen-bond acceptors (Lipinski definition) is 4. The summed E-state index contributed by atoms with van der Waals surface area (Å²) in [5.41, 5.74) is 0.266. The molecule has 0 amide bonds. The zero-order valence-corrected chi connectivity index (χ0v) is 9.08. The van der Waals surface area contributed by atoms with Gasteiger partial charge < -0.3 is 9.52 Å². The molecule has 5 heteroatoms. The maximum absolute atomic E-state index is 12.2. The van der Waals surface area contributed by atoms with Gasteiger partial charge in [0, 0.05) is 6.20 Å². The summed E-state index contributed by atoms with van der Waals surface area (Å²) in [6.45, 7) is 0. The fourth-order valence-electron chi connectivity index (χ4n) is 1.81. The highest BCUT2D eigenvalue weighted by molar-refractivity contribution is 5.94. The second kappa shape index (κ2) is 3.66.